The molecule has 0 aliphatic heterocycles. The van der Waals surface area contributed by atoms with E-state index in [9.17, 15) is 39.5 Å². The standard InChI is InChI=1S/C21H29F9O2/c1-10-2-4-11(5-3-10)12-6-14(22)18(15(23)7-12)20(26,27)31-13-8-16(24)19(17(25)9-13)32-21(28,29)30/h10-19H,2-9H2,1H3. The van der Waals surface area contributed by atoms with Gasteiger partial charge in [0.2, 0.25) is 0 Å². The first-order valence-corrected chi connectivity index (χ1v) is 11.1. The van der Waals surface area contributed by atoms with Crippen LogP contribution in [-0.2, 0) is 9.47 Å². The summed E-state index contributed by atoms with van der Waals surface area (Å²) < 4.78 is 132. The molecule has 188 valence electrons. The average molecular weight is 484 g/mol. The summed E-state index contributed by atoms with van der Waals surface area (Å²) in [7, 11) is 0. The molecule has 3 aliphatic carbocycles. The van der Waals surface area contributed by atoms with Crippen molar-refractivity contribution >= 4 is 0 Å². The maximum atomic E-state index is 14.7. The molecule has 0 amide bonds. The van der Waals surface area contributed by atoms with Crippen LogP contribution in [0.1, 0.15) is 58.3 Å². The number of ether oxygens (including phenoxy) is 2. The Bertz CT molecular complexity index is 585. The second-order valence-corrected chi connectivity index (χ2v) is 9.64. The predicted octanol–water partition coefficient (Wildman–Crippen LogP) is 6.87. The summed E-state index contributed by atoms with van der Waals surface area (Å²) in [6.45, 7) is 2.09. The highest BCUT2D eigenvalue weighted by Gasteiger charge is 2.57. The highest BCUT2D eigenvalue weighted by Crippen LogP contribution is 2.48. The molecule has 0 aromatic heterocycles. The first kappa shape index (κ1) is 25.9. The summed E-state index contributed by atoms with van der Waals surface area (Å²) in [6, 6.07) is 0. The molecule has 0 heterocycles. The van der Waals surface area contributed by atoms with Crippen LogP contribution in [0, 0.1) is 23.7 Å². The average Bonchev–Trinajstić information content (AvgIpc) is 2.63. The van der Waals surface area contributed by atoms with Crippen molar-refractivity contribution in [3.8, 4) is 0 Å². The summed E-state index contributed by atoms with van der Waals surface area (Å²) in [5, 5.41) is 0. The lowest BCUT2D eigenvalue weighted by atomic mass is 9.68. The van der Waals surface area contributed by atoms with E-state index in [0.29, 0.717) is 5.92 Å². The van der Waals surface area contributed by atoms with Crippen LogP contribution in [0.25, 0.3) is 0 Å². The van der Waals surface area contributed by atoms with Crippen LogP contribution in [0.2, 0.25) is 0 Å². The summed E-state index contributed by atoms with van der Waals surface area (Å²) >= 11 is 0. The van der Waals surface area contributed by atoms with Gasteiger partial charge in [-0.3, -0.25) is 4.74 Å². The molecule has 0 radical (unpaired) electrons. The largest absolute Gasteiger partial charge is 0.522 e. The second-order valence-electron chi connectivity index (χ2n) is 9.64. The number of alkyl halides is 9. The van der Waals surface area contributed by atoms with Gasteiger partial charge in [-0.1, -0.05) is 19.8 Å². The van der Waals surface area contributed by atoms with Gasteiger partial charge in [0.1, 0.15) is 36.7 Å². The van der Waals surface area contributed by atoms with Crippen LogP contribution in [0.5, 0.6) is 0 Å². The molecule has 32 heavy (non-hydrogen) atoms. The van der Waals surface area contributed by atoms with Gasteiger partial charge in [0.05, 0.1) is 6.10 Å². The minimum Gasteiger partial charge on any atom is -0.317 e. The van der Waals surface area contributed by atoms with E-state index in [1.54, 1.807) is 0 Å². The maximum absolute atomic E-state index is 14.7. The van der Waals surface area contributed by atoms with Gasteiger partial charge < -0.3 is 4.74 Å². The minimum absolute atomic E-state index is 0.0710. The van der Waals surface area contributed by atoms with E-state index in [1.165, 1.54) is 0 Å². The van der Waals surface area contributed by atoms with Gasteiger partial charge >= 0.3 is 12.5 Å². The minimum atomic E-state index is -5.30. The van der Waals surface area contributed by atoms with Gasteiger partial charge in [0.25, 0.3) is 0 Å². The second kappa shape index (κ2) is 9.88. The molecule has 3 rings (SSSR count). The fraction of sp³-hybridized carbons (Fsp3) is 1.00. The van der Waals surface area contributed by atoms with Crippen LogP contribution in [-0.4, -0.2) is 49.4 Å². The fourth-order valence-electron chi connectivity index (χ4n) is 5.55. The van der Waals surface area contributed by atoms with E-state index in [2.05, 4.69) is 16.4 Å². The fourth-order valence-corrected chi connectivity index (χ4v) is 5.55. The van der Waals surface area contributed by atoms with Crippen molar-refractivity contribution in [2.24, 2.45) is 23.7 Å². The maximum Gasteiger partial charge on any atom is 0.522 e. The van der Waals surface area contributed by atoms with Crippen molar-refractivity contribution in [2.75, 3.05) is 0 Å². The van der Waals surface area contributed by atoms with Crippen LogP contribution < -0.4 is 0 Å². The lowest BCUT2D eigenvalue weighted by molar-refractivity contribution is -0.366. The third kappa shape index (κ3) is 6.24. The van der Waals surface area contributed by atoms with Gasteiger partial charge in [-0.05, 0) is 43.4 Å². The first-order valence-electron chi connectivity index (χ1n) is 11.1. The molecule has 0 aromatic carbocycles. The molecule has 3 fully saturated rings. The topological polar surface area (TPSA) is 18.5 Å². The van der Waals surface area contributed by atoms with Crippen molar-refractivity contribution in [1.29, 1.82) is 0 Å². The highest BCUT2D eigenvalue weighted by molar-refractivity contribution is 4.95. The SMILES string of the molecule is CC1CCC(C2CC(F)C(C(F)(F)OC3CC(F)C(OC(F)(F)F)C(F)C3)C(F)C2)CC1. The third-order valence-electron chi connectivity index (χ3n) is 7.23. The van der Waals surface area contributed by atoms with E-state index in [4.69, 9.17) is 0 Å². The molecule has 4 atom stereocenters. The van der Waals surface area contributed by atoms with E-state index in [1.807, 2.05) is 0 Å². The lowest BCUT2D eigenvalue weighted by Crippen LogP contribution is -2.53. The Morgan fingerprint density at radius 2 is 1.12 bits per heavy atom. The molecular formula is C21H29F9O2. The Hall–Kier alpha value is -0.710. The van der Waals surface area contributed by atoms with Crippen LogP contribution in [0.3, 0.4) is 0 Å². The monoisotopic (exact) mass is 484 g/mol. The van der Waals surface area contributed by atoms with Gasteiger partial charge in [-0.15, -0.1) is 13.2 Å². The molecule has 0 aromatic rings. The number of rotatable bonds is 5. The zero-order valence-corrected chi connectivity index (χ0v) is 17.6. The molecule has 0 saturated heterocycles. The van der Waals surface area contributed by atoms with Crippen molar-refractivity contribution in [3.05, 3.63) is 0 Å². The summed E-state index contributed by atoms with van der Waals surface area (Å²) in [5.41, 5.74) is 0. The molecule has 0 bridgehead atoms. The van der Waals surface area contributed by atoms with Crippen molar-refractivity contribution in [2.45, 2.75) is 108 Å². The predicted molar refractivity (Wildman–Crippen MR) is 96.9 cm³/mol. The van der Waals surface area contributed by atoms with Crippen LogP contribution in [0.15, 0.2) is 0 Å². The van der Waals surface area contributed by atoms with E-state index >= 15 is 0 Å². The molecule has 11 heteroatoms. The Labute approximate surface area is 181 Å². The summed E-state index contributed by atoms with van der Waals surface area (Å²) in [6.07, 6.45) is -22.6. The van der Waals surface area contributed by atoms with Crippen molar-refractivity contribution in [1.82, 2.24) is 0 Å². The van der Waals surface area contributed by atoms with Crippen LogP contribution >= 0.6 is 0 Å². The number of hydrogen-bond donors (Lipinski definition) is 0. The Balaban J connectivity index is 1.59. The normalized spacial score (nSPS) is 44.4. The quantitative estimate of drug-likeness (QED) is 0.397. The Morgan fingerprint density at radius 3 is 1.59 bits per heavy atom. The molecule has 4 unspecified atom stereocenters. The van der Waals surface area contributed by atoms with Gasteiger partial charge in [-0.2, -0.15) is 8.78 Å². The molecule has 3 saturated carbocycles. The summed E-state index contributed by atoms with van der Waals surface area (Å²) in [5.74, 6) is -2.19. The van der Waals surface area contributed by atoms with Gasteiger partial charge in [0.15, 0.2) is 0 Å². The zero-order chi connectivity index (χ0) is 23.8. The van der Waals surface area contributed by atoms with Crippen LogP contribution in [0.4, 0.5) is 39.5 Å². The Kier molecular flexibility index (Phi) is 8.00. The zero-order valence-electron chi connectivity index (χ0n) is 17.6. The highest BCUT2D eigenvalue weighted by atomic mass is 19.4. The molecule has 0 N–H and O–H groups in total. The van der Waals surface area contributed by atoms with E-state index in [0.717, 1.165) is 25.7 Å². The molecular weight excluding hydrogens is 455 g/mol. The van der Waals surface area contributed by atoms with Crippen molar-refractivity contribution < 1.29 is 49.0 Å². The smallest absolute Gasteiger partial charge is 0.317 e. The first-order chi connectivity index (χ1) is 14.8. The van der Waals surface area contributed by atoms with E-state index < -0.39 is 68.1 Å². The molecule has 2 nitrogen and oxygen atoms in total. The molecule has 0 spiro atoms. The Morgan fingerprint density at radius 1 is 0.625 bits per heavy atom. The number of halogens is 9. The molecule has 3 aliphatic rings. The summed E-state index contributed by atoms with van der Waals surface area (Å²) in [4.78, 5) is 0. The van der Waals surface area contributed by atoms with E-state index in [-0.39, 0.29) is 24.7 Å². The van der Waals surface area contributed by atoms with Gasteiger partial charge in [0, 0.05) is 12.8 Å². The lowest BCUT2D eigenvalue weighted by Gasteiger charge is -2.43. The number of hydrogen-bond acceptors (Lipinski definition) is 2. The third-order valence-corrected chi connectivity index (χ3v) is 7.23. The van der Waals surface area contributed by atoms with Crippen molar-refractivity contribution in [3.63, 3.8) is 0 Å². The van der Waals surface area contributed by atoms with Gasteiger partial charge in [-0.25, -0.2) is 17.6 Å².